The van der Waals surface area contributed by atoms with Crippen molar-refractivity contribution in [2.75, 3.05) is 7.11 Å². The van der Waals surface area contributed by atoms with Crippen LogP contribution in [0, 0.1) is 11.8 Å². The van der Waals surface area contributed by atoms with E-state index in [1.807, 2.05) is 97.9 Å². The van der Waals surface area contributed by atoms with E-state index in [2.05, 4.69) is 5.32 Å². The number of benzene rings is 3. The summed E-state index contributed by atoms with van der Waals surface area (Å²) < 4.78 is 5.31. The molecule has 0 bridgehead atoms. The lowest BCUT2D eigenvalue weighted by molar-refractivity contribution is -0.148. The second-order valence-corrected chi connectivity index (χ2v) is 9.95. The Balaban J connectivity index is 1.64. The van der Waals surface area contributed by atoms with Crippen LogP contribution in [0.2, 0.25) is 0 Å². The van der Waals surface area contributed by atoms with Crippen LogP contribution in [0.15, 0.2) is 91.0 Å². The highest BCUT2D eigenvalue weighted by atomic mass is 16.5. The highest BCUT2D eigenvalue weighted by molar-refractivity contribution is 5.94. The lowest BCUT2D eigenvalue weighted by Gasteiger charge is -2.32. The predicted octanol–water partition coefficient (Wildman–Crippen LogP) is 4.80. The first-order valence-corrected chi connectivity index (χ1v) is 12.9. The predicted molar refractivity (Wildman–Crippen MR) is 140 cm³/mol. The maximum absolute atomic E-state index is 14.1. The highest BCUT2D eigenvalue weighted by Gasteiger charge is 2.59. The Bertz CT molecular complexity index is 1240. The highest BCUT2D eigenvalue weighted by Crippen LogP contribution is 2.52. The number of carbonyl (C=O) groups excluding carboxylic acids is 3. The molecule has 2 aliphatic rings. The van der Waals surface area contributed by atoms with Gasteiger partial charge >= 0.3 is 5.97 Å². The van der Waals surface area contributed by atoms with Gasteiger partial charge in [0.25, 0.3) is 0 Å². The first-order chi connectivity index (χ1) is 18.0. The molecule has 1 heterocycles. The third-order valence-electron chi connectivity index (χ3n) is 7.57. The summed E-state index contributed by atoms with van der Waals surface area (Å²) in [4.78, 5) is 43.2. The van der Waals surface area contributed by atoms with Crippen LogP contribution < -0.4 is 5.32 Å². The number of nitrogens with one attached hydrogen (secondary N) is 1. The number of carbonyl (C=O) groups is 3. The van der Waals surface area contributed by atoms with Gasteiger partial charge in [-0.2, -0.15) is 0 Å². The Morgan fingerprint density at radius 2 is 1.38 bits per heavy atom. The summed E-state index contributed by atoms with van der Waals surface area (Å²) in [6.07, 6.45) is 1.59. The van der Waals surface area contributed by atoms with E-state index in [9.17, 15) is 14.4 Å². The minimum atomic E-state index is -0.865. The molecule has 1 aliphatic carbocycles. The van der Waals surface area contributed by atoms with Crippen LogP contribution in [0.4, 0.5) is 0 Å². The Hall–Kier alpha value is -3.93. The van der Waals surface area contributed by atoms with Gasteiger partial charge in [0.2, 0.25) is 11.8 Å². The van der Waals surface area contributed by atoms with Gasteiger partial charge in [0.1, 0.15) is 6.04 Å². The van der Waals surface area contributed by atoms with E-state index in [0.29, 0.717) is 0 Å². The van der Waals surface area contributed by atoms with Gasteiger partial charge in [0.15, 0.2) is 0 Å². The summed E-state index contributed by atoms with van der Waals surface area (Å²) in [5.41, 5.74) is 2.62. The van der Waals surface area contributed by atoms with Crippen LogP contribution in [0.3, 0.4) is 0 Å². The smallest absolute Gasteiger partial charge is 0.311 e. The van der Waals surface area contributed by atoms with E-state index in [0.717, 1.165) is 29.5 Å². The molecule has 1 saturated heterocycles. The monoisotopic (exact) mass is 496 g/mol. The van der Waals surface area contributed by atoms with E-state index < -0.39 is 29.9 Å². The zero-order chi connectivity index (χ0) is 25.9. The fourth-order valence-corrected chi connectivity index (χ4v) is 5.63. The second-order valence-electron chi connectivity index (χ2n) is 9.95. The Morgan fingerprint density at radius 3 is 1.92 bits per heavy atom. The Labute approximate surface area is 217 Å². The van der Waals surface area contributed by atoms with E-state index in [4.69, 9.17) is 4.74 Å². The molecule has 1 saturated carbocycles. The molecule has 5 unspecified atom stereocenters. The molecule has 2 fully saturated rings. The molecule has 5 rings (SSSR count). The molecule has 1 N–H and O–H groups in total. The third kappa shape index (κ3) is 4.88. The maximum Gasteiger partial charge on any atom is 0.311 e. The van der Waals surface area contributed by atoms with Crippen molar-refractivity contribution in [3.05, 3.63) is 108 Å². The Morgan fingerprint density at radius 1 is 0.838 bits per heavy atom. The van der Waals surface area contributed by atoms with Crippen LogP contribution in [0.25, 0.3) is 0 Å². The van der Waals surface area contributed by atoms with Crippen molar-refractivity contribution in [2.45, 2.75) is 43.8 Å². The third-order valence-corrected chi connectivity index (χ3v) is 7.57. The van der Waals surface area contributed by atoms with Gasteiger partial charge in [-0.1, -0.05) is 91.0 Å². The van der Waals surface area contributed by atoms with Gasteiger partial charge in [-0.15, -0.1) is 0 Å². The lowest BCUT2D eigenvalue weighted by atomic mass is 9.79. The number of amides is 2. The summed E-state index contributed by atoms with van der Waals surface area (Å²) in [6, 6.07) is 27.1. The summed E-state index contributed by atoms with van der Waals surface area (Å²) in [7, 11) is 1.37. The van der Waals surface area contributed by atoms with Gasteiger partial charge < -0.3 is 15.0 Å². The molecular weight excluding hydrogens is 464 g/mol. The van der Waals surface area contributed by atoms with E-state index >= 15 is 0 Å². The number of methoxy groups -OCH3 is 1. The molecule has 6 heteroatoms. The number of hydrogen-bond acceptors (Lipinski definition) is 4. The van der Waals surface area contributed by atoms with Crippen molar-refractivity contribution < 1.29 is 19.1 Å². The molecule has 6 nitrogen and oxygen atoms in total. The van der Waals surface area contributed by atoms with Gasteiger partial charge in [-0.05, 0) is 36.5 Å². The number of ether oxygens (including phenoxy) is 1. The average molecular weight is 497 g/mol. The quantitative estimate of drug-likeness (QED) is 0.477. The number of nitrogens with zero attached hydrogens (tertiary/aromatic N) is 1. The van der Waals surface area contributed by atoms with Crippen molar-refractivity contribution in [1.29, 1.82) is 0 Å². The first-order valence-electron chi connectivity index (χ1n) is 12.9. The Kier molecular flexibility index (Phi) is 7.08. The number of likely N-dealkylation sites (tertiary alicyclic amines) is 1. The van der Waals surface area contributed by atoms with E-state index in [-0.39, 0.29) is 23.8 Å². The van der Waals surface area contributed by atoms with Gasteiger partial charge in [0.05, 0.1) is 25.1 Å². The normalized spacial score (nSPS) is 23.8. The molecule has 0 radical (unpaired) electrons. The van der Waals surface area contributed by atoms with Crippen LogP contribution in [-0.2, 0) is 19.1 Å². The molecule has 190 valence electrons. The molecule has 3 aromatic carbocycles. The fraction of sp³-hybridized carbons (Fsp3) is 0.323. The number of rotatable bonds is 7. The van der Waals surface area contributed by atoms with Crippen molar-refractivity contribution >= 4 is 17.8 Å². The fourth-order valence-electron chi connectivity index (χ4n) is 5.63. The van der Waals surface area contributed by atoms with Crippen molar-refractivity contribution in [2.24, 2.45) is 11.8 Å². The van der Waals surface area contributed by atoms with Crippen LogP contribution >= 0.6 is 0 Å². The molecule has 37 heavy (non-hydrogen) atoms. The standard InChI is InChI=1S/C31H32N2O4/c1-20(21-12-6-3-7-13-21)32-29(34)28-25(22-14-8-4-9-15-22)26(31(36)37-2)27(23-16-10-5-11-17-23)33(28)30(35)24-18-19-24/h3-17,20,24-28H,18-19H2,1-2H3,(H,32,34). The summed E-state index contributed by atoms with van der Waals surface area (Å²) in [6.45, 7) is 1.93. The molecular formula is C31H32N2O4. The maximum atomic E-state index is 14.1. The van der Waals surface area contributed by atoms with Crippen molar-refractivity contribution in [3.8, 4) is 0 Å². The van der Waals surface area contributed by atoms with E-state index in [1.165, 1.54) is 7.11 Å². The topological polar surface area (TPSA) is 75.7 Å². The molecule has 1 aliphatic heterocycles. The summed E-state index contributed by atoms with van der Waals surface area (Å²) >= 11 is 0. The number of hydrogen-bond donors (Lipinski definition) is 1. The SMILES string of the molecule is COC(=O)C1C(c2ccccc2)C(C(=O)NC(C)c2ccccc2)N(C(=O)C2CC2)C1c1ccccc1. The zero-order valence-electron chi connectivity index (χ0n) is 21.1. The van der Waals surface area contributed by atoms with Gasteiger partial charge in [-0.3, -0.25) is 14.4 Å². The van der Waals surface area contributed by atoms with Crippen molar-refractivity contribution in [3.63, 3.8) is 0 Å². The second kappa shape index (κ2) is 10.6. The van der Waals surface area contributed by atoms with Gasteiger partial charge in [-0.25, -0.2) is 0 Å². The summed E-state index contributed by atoms with van der Waals surface area (Å²) in [5, 5.41) is 3.15. The first kappa shape index (κ1) is 24.8. The molecule has 3 aromatic rings. The molecule has 5 atom stereocenters. The minimum Gasteiger partial charge on any atom is -0.469 e. The summed E-state index contributed by atoms with van der Waals surface area (Å²) in [5.74, 6) is -2.20. The lowest BCUT2D eigenvalue weighted by Crippen LogP contribution is -2.49. The van der Waals surface area contributed by atoms with Crippen LogP contribution in [-0.4, -0.2) is 35.8 Å². The largest absolute Gasteiger partial charge is 0.469 e. The van der Waals surface area contributed by atoms with Crippen molar-refractivity contribution in [1.82, 2.24) is 10.2 Å². The average Bonchev–Trinajstić information content (AvgIpc) is 3.73. The van der Waals surface area contributed by atoms with Gasteiger partial charge in [0, 0.05) is 11.8 Å². The zero-order valence-corrected chi connectivity index (χ0v) is 21.1. The number of esters is 1. The minimum absolute atomic E-state index is 0.0753. The molecule has 0 spiro atoms. The molecule has 2 amide bonds. The van der Waals surface area contributed by atoms with Crippen LogP contribution in [0.5, 0.6) is 0 Å². The van der Waals surface area contributed by atoms with Crippen LogP contribution in [0.1, 0.15) is 54.5 Å². The van der Waals surface area contributed by atoms with E-state index in [1.54, 1.807) is 4.90 Å². The molecule has 0 aromatic heterocycles.